The van der Waals surface area contributed by atoms with Crippen LogP contribution in [-0.2, 0) is 0 Å². The molecule has 0 radical (unpaired) electrons. The monoisotopic (exact) mass is 223 g/mol. The Bertz CT molecular complexity index is 366. The van der Waals surface area contributed by atoms with Crippen LogP contribution in [0.4, 0.5) is 17.1 Å². The zero-order valence-corrected chi connectivity index (χ0v) is 9.40. The number of unbranched alkanes of at least 4 members (excludes halogenated alkanes) is 2. The van der Waals surface area contributed by atoms with Crippen molar-refractivity contribution in [3.05, 3.63) is 28.3 Å². The molecule has 0 saturated heterocycles. The summed E-state index contributed by atoms with van der Waals surface area (Å²) in [5, 5.41) is 13.9. The maximum absolute atomic E-state index is 10.8. The van der Waals surface area contributed by atoms with Crippen molar-refractivity contribution in [2.75, 3.05) is 17.6 Å². The fourth-order valence-corrected chi connectivity index (χ4v) is 1.51. The summed E-state index contributed by atoms with van der Waals surface area (Å²) in [6, 6.07) is 4.93. The molecule has 0 heterocycles. The maximum Gasteiger partial charge on any atom is 0.314 e. The number of nitrogen functional groups attached to an aromatic ring is 1. The number of para-hydroxylation sites is 1. The molecule has 0 saturated carbocycles. The molecule has 0 aliphatic carbocycles. The van der Waals surface area contributed by atoms with Crippen molar-refractivity contribution in [2.24, 2.45) is 0 Å². The van der Waals surface area contributed by atoms with Gasteiger partial charge in [0.1, 0.15) is 11.4 Å². The van der Waals surface area contributed by atoms with E-state index in [4.69, 9.17) is 5.73 Å². The van der Waals surface area contributed by atoms with E-state index in [0.717, 1.165) is 25.8 Å². The van der Waals surface area contributed by atoms with E-state index < -0.39 is 4.92 Å². The number of nitro groups is 1. The van der Waals surface area contributed by atoms with Crippen molar-refractivity contribution in [3.8, 4) is 0 Å². The first kappa shape index (κ1) is 12.3. The Balaban J connectivity index is 2.71. The second-order valence-electron chi connectivity index (χ2n) is 3.63. The standard InChI is InChI=1S/C11H17N3O2/c1-2-3-4-8-13-10-7-5-6-9(12)11(10)14(15)16/h5-7,13H,2-4,8,12H2,1H3. The fourth-order valence-electron chi connectivity index (χ4n) is 1.51. The van der Waals surface area contributed by atoms with Gasteiger partial charge in [-0.2, -0.15) is 0 Å². The predicted molar refractivity (Wildman–Crippen MR) is 65.5 cm³/mol. The minimum atomic E-state index is -0.447. The average molecular weight is 223 g/mol. The van der Waals surface area contributed by atoms with Gasteiger partial charge in [-0.3, -0.25) is 10.1 Å². The highest BCUT2D eigenvalue weighted by Gasteiger charge is 2.16. The normalized spacial score (nSPS) is 10.1. The minimum absolute atomic E-state index is 0.0287. The number of benzene rings is 1. The van der Waals surface area contributed by atoms with Crippen molar-refractivity contribution in [3.63, 3.8) is 0 Å². The molecule has 0 atom stereocenters. The lowest BCUT2D eigenvalue weighted by atomic mass is 10.2. The van der Waals surface area contributed by atoms with E-state index in [-0.39, 0.29) is 11.4 Å². The second-order valence-corrected chi connectivity index (χ2v) is 3.63. The lowest BCUT2D eigenvalue weighted by Crippen LogP contribution is -2.05. The zero-order chi connectivity index (χ0) is 12.0. The molecular weight excluding hydrogens is 206 g/mol. The molecule has 1 aromatic carbocycles. The van der Waals surface area contributed by atoms with Gasteiger partial charge in [0.2, 0.25) is 0 Å². The van der Waals surface area contributed by atoms with Crippen molar-refractivity contribution in [1.82, 2.24) is 0 Å². The first-order chi connectivity index (χ1) is 7.66. The van der Waals surface area contributed by atoms with Gasteiger partial charge in [0.25, 0.3) is 0 Å². The maximum atomic E-state index is 10.8. The topological polar surface area (TPSA) is 81.2 Å². The Kier molecular flexibility index (Phi) is 4.57. The summed E-state index contributed by atoms with van der Waals surface area (Å²) in [4.78, 5) is 10.4. The summed E-state index contributed by atoms with van der Waals surface area (Å²) in [7, 11) is 0. The van der Waals surface area contributed by atoms with Crippen LogP contribution < -0.4 is 11.1 Å². The van der Waals surface area contributed by atoms with Crippen molar-refractivity contribution < 1.29 is 4.92 Å². The highest BCUT2D eigenvalue weighted by molar-refractivity contribution is 5.74. The molecule has 3 N–H and O–H groups in total. The van der Waals surface area contributed by atoms with Gasteiger partial charge in [0.05, 0.1) is 4.92 Å². The molecule has 0 amide bonds. The molecule has 5 nitrogen and oxygen atoms in total. The van der Waals surface area contributed by atoms with Crippen LogP contribution in [0, 0.1) is 10.1 Å². The molecule has 0 bridgehead atoms. The predicted octanol–water partition coefficient (Wildman–Crippen LogP) is 2.78. The summed E-state index contributed by atoms with van der Waals surface area (Å²) < 4.78 is 0. The highest BCUT2D eigenvalue weighted by atomic mass is 16.6. The average Bonchev–Trinajstić information content (AvgIpc) is 2.24. The number of nitrogens with two attached hydrogens (primary N) is 1. The van der Waals surface area contributed by atoms with E-state index in [9.17, 15) is 10.1 Å². The quantitative estimate of drug-likeness (QED) is 0.336. The van der Waals surface area contributed by atoms with Crippen LogP contribution in [0.2, 0.25) is 0 Å². The fraction of sp³-hybridized carbons (Fsp3) is 0.455. The lowest BCUT2D eigenvalue weighted by Gasteiger charge is -2.07. The first-order valence-corrected chi connectivity index (χ1v) is 5.43. The number of nitro benzene ring substituents is 1. The van der Waals surface area contributed by atoms with Crippen LogP contribution in [0.5, 0.6) is 0 Å². The van der Waals surface area contributed by atoms with Crippen LogP contribution in [-0.4, -0.2) is 11.5 Å². The third-order valence-electron chi connectivity index (χ3n) is 2.35. The lowest BCUT2D eigenvalue weighted by molar-refractivity contribution is -0.383. The summed E-state index contributed by atoms with van der Waals surface area (Å²) in [6.07, 6.45) is 3.24. The molecular formula is C11H17N3O2. The molecule has 0 fully saturated rings. The third-order valence-corrected chi connectivity index (χ3v) is 2.35. The molecule has 1 rings (SSSR count). The summed E-state index contributed by atoms with van der Waals surface area (Å²) >= 11 is 0. The molecule has 0 aromatic heterocycles. The van der Waals surface area contributed by atoms with E-state index in [0.29, 0.717) is 5.69 Å². The summed E-state index contributed by atoms with van der Waals surface area (Å²) in [6.45, 7) is 2.85. The van der Waals surface area contributed by atoms with E-state index in [2.05, 4.69) is 12.2 Å². The van der Waals surface area contributed by atoms with Crippen LogP contribution in [0.25, 0.3) is 0 Å². The van der Waals surface area contributed by atoms with Gasteiger partial charge < -0.3 is 11.1 Å². The Labute approximate surface area is 94.8 Å². The number of nitrogens with zero attached hydrogens (tertiary/aromatic N) is 1. The highest BCUT2D eigenvalue weighted by Crippen LogP contribution is 2.30. The number of hydrogen-bond donors (Lipinski definition) is 2. The van der Waals surface area contributed by atoms with Crippen molar-refractivity contribution >= 4 is 17.1 Å². The van der Waals surface area contributed by atoms with E-state index in [1.165, 1.54) is 6.07 Å². The molecule has 0 aliphatic rings. The molecule has 0 aliphatic heterocycles. The van der Waals surface area contributed by atoms with Gasteiger partial charge in [-0.15, -0.1) is 0 Å². The number of anilines is 2. The zero-order valence-electron chi connectivity index (χ0n) is 9.40. The van der Waals surface area contributed by atoms with E-state index in [1.54, 1.807) is 12.1 Å². The van der Waals surface area contributed by atoms with Gasteiger partial charge in [0, 0.05) is 6.54 Å². The van der Waals surface area contributed by atoms with Gasteiger partial charge in [0.15, 0.2) is 0 Å². The smallest absolute Gasteiger partial charge is 0.314 e. The van der Waals surface area contributed by atoms with Crippen LogP contribution in [0.1, 0.15) is 26.2 Å². The van der Waals surface area contributed by atoms with E-state index >= 15 is 0 Å². The molecule has 0 unspecified atom stereocenters. The summed E-state index contributed by atoms with van der Waals surface area (Å²) in [5.41, 5.74) is 6.24. The van der Waals surface area contributed by atoms with Crippen LogP contribution >= 0.6 is 0 Å². The van der Waals surface area contributed by atoms with Gasteiger partial charge in [-0.1, -0.05) is 25.8 Å². The minimum Gasteiger partial charge on any atom is -0.393 e. The SMILES string of the molecule is CCCCCNc1cccc(N)c1[N+](=O)[O-]. The molecule has 0 spiro atoms. The van der Waals surface area contributed by atoms with Gasteiger partial charge in [-0.25, -0.2) is 0 Å². The largest absolute Gasteiger partial charge is 0.393 e. The Hall–Kier alpha value is -1.78. The molecule has 1 aromatic rings. The van der Waals surface area contributed by atoms with Gasteiger partial charge >= 0.3 is 5.69 Å². The third kappa shape index (κ3) is 3.12. The second kappa shape index (κ2) is 5.95. The first-order valence-electron chi connectivity index (χ1n) is 5.43. The Morgan fingerprint density at radius 2 is 2.19 bits per heavy atom. The molecule has 16 heavy (non-hydrogen) atoms. The Morgan fingerprint density at radius 1 is 1.44 bits per heavy atom. The van der Waals surface area contributed by atoms with Gasteiger partial charge in [-0.05, 0) is 18.6 Å². The number of nitrogens with one attached hydrogen (secondary N) is 1. The van der Waals surface area contributed by atoms with Crippen LogP contribution in [0.15, 0.2) is 18.2 Å². The number of hydrogen-bond acceptors (Lipinski definition) is 4. The van der Waals surface area contributed by atoms with Crippen molar-refractivity contribution in [2.45, 2.75) is 26.2 Å². The number of rotatable bonds is 6. The van der Waals surface area contributed by atoms with E-state index in [1.807, 2.05) is 0 Å². The molecule has 5 heteroatoms. The summed E-state index contributed by atoms with van der Waals surface area (Å²) in [5.74, 6) is 0. The van der Waals surface area contributed by atoms with Crippen LogP contribution in [0.3, 0.4) is 0 Å². The van der Waals surface area contributed by atoms with Crippen molar-refractivity contribution in [1.29, 1.82) is 0 Å². The molecule has 88 valence electrons. The Morgan fingerprint density at radius 3 is 2.81 bits per heavy atom.